The molecule has 72 valence electrons. The van der Waals surface area contributed by atoms with Gasteiger partial charge in [0, 0.05) is 25.7 Å². The molecule has 0 amide bonds. The van der Waals surface area contributed by atoms with E-state index in [0.717, 1.165) is 6.54 Å². The van der Waals surface area contributed by atoms with E-state index in [9.17, 15) is 8.42 Å². The quantitative estimate of drug-likeness (QED) is 0.616. The molecule has 0 spiro atoms. The van der Waals surface area contributed by atoms with Crippen LogP contribution in [0.25, 0.3) is 0 Å². The van der Waals surface area contributed by atoms with Crippen LogP contribution in [0, 0.1) is 0 Å². The van der Waals surface area contributed by atoms with Crippen molar-refractivity contribution in [3.05, 3.63) is 0 Å². The summed E-state index contributed by atoms with van der Waals surface area (Å²) in [6, 6.07) is 0.431. The normalized spacial score (nSPS) is 25.6. The van der Waals surface area contributed by atoms with E-state index < -0.39 is 10.0 Å². The largest absolute Gasteiger partial charge is 0.299 e. The molecular weight excluding hydrogens is 176 g/mol. The van der Waals surface area contributed by atoms with Gasteiger partial charge in [-0.3, -0.25) is 4.90 Å². The van der Waals surface area contributed by atoms with Crippen LogP contribution in [0.2, 0.25) is 0 Å². The lowest BCUT2D eigenvalue weighted by molar-refractivity contribution is 0.244. The second kappa shape index (κ2) is 3.72. The third-order valence-electron chi connectivity index (χ3n) is 2.10. The first-order chi connectivity index (χ1) is 5.51. The van der Waals surface area contributed by atoms with Crippen molar-refractivity contribution in [3.8, 4) is 0 Å². The first kappa shape index (κ1) is 9.95. The predicted molar refractivity (Wildman–Crippen MR) is 48.5 cm³/mol. The van der Waals surface area contributed by atoms with Crippen molar-refractivity contribution in [1.82, 2.24) is 9.62 Å². The summed E-state index contributed by atoms with van der Waals surface area (Å²) in [5.74, 6) is 0.227. The van der Waals surface area contributed by atoms with E-state index in [-0.39, 0.29) is 5.75 Å². The van der Waals surface area contributed by atoms with Crippen molar-refractivity contribution in [3.63, 3.8) is 0 Å². The first-order valence-corrected chi connectivity index (χ1v) is 5.88. The van der Waals surface area contributed by atoms with E-state index in [1.807, 2.05) is 0 Å². The van der Waals surface area contributed by atoms with Crippen LogP contribution in [0.5, 0.6) is 0 Å². The monoisotopic (exact) mass is 192 g/mol. The number of hydrogen-bond donors (Lipinski definition) is 1. The van der Waals surface area contributed by atoms with E-state index in [0.29, 0.717) is 19.1 Å². The third-order valence-corrected chi connectivity index (χ3v) is 3.46. The Hall–Kier alpha value is -0.130. The highest BCUT2D eigenvalue weighted by atomic mass is 32.2. The second-order valence-electron chi connectivity index (χ2n) is 3.34. The Morgan fingerprint density at radius 1 is 1.33 bits per heavy atom. The maximum atomic E-state index is 11.1. The van der Waals surface area contributed by atoms with Crippen LogP contribution in [-0.2, 0) is 10.0 Å². The van der Waals surface area contributed by atoms with Crippen molar-refractivity contribution in [1.29, 1.82) is 0 Å². The number of rotatable bonds is 1. The Kier molecular flexibility index (Phi) is 3.09. The van der Waals surface area contributed by atoms with Gasteiger partial charge < -0.3 is 0 Å². The van der Waals surface area contributed by atoms with E-state index in [1.165, 1.54) is 0 Å². The van der Waals surface area contributed by atoms with Crippen LogP contribution in [0.15, 0.2) is 0 Å². The maximum absolute atomic E-state index is 11.1. The summed E-state index contributed by atoms with van der Waals surface area (Å²) in [4.78, 5) is 2.16. The Bertz CT molecular complexity index is 236. The minimum absolute atomic E-state index is 0.227. The Balaban J connectivity index is 2.56. The van der Waals surface area contributed by atoms with Crippen molar-refractivity contribution < 1.29 is 8.42 Å². The molecular formula is C7H16N2O2S. The molecule has 1 rings (SSSR count). The Labute approximate surface area is 74.0 Å². The molecule has 12 heavy (non-hydrogen) atoms. The van der Waals surface area contributed by atoms with Gasteiger partial charge in [0.15, 0.2) is 0 Å². The molecule has 5 heteroatoms. The zero-order valence-corrected chi connectivity index (χ0v) is 8.39. The fourth-order valence-corrected chi connectivity index (χ4v) is 2.30. The molecule has 1 aliphatic heterocycles. The average Bonchev–Trinajstić information content (AvgIpc) is 2.10. The summed E-state index contributed by atoms with van der Waals surface area (Å²) in [6.07, 6.45) is 0. The van der Waals surface area contributed by atoms with Crippen LogP contribution >= 0.6 is 0 Å². The maximum Gasteiger partial charge on any atom is 0.212 e. The second-order valence-corrected chi connectivity index (χ2v) is 5.27. The molecule has 0 aromatic heterocycles. The van der Waals surface area contributed by atoms with E-state index in [2.05, 4.69) is 23.5 Å². The van der Waals surface area contributed by atoms with Crippen LogP contribution in [0.3, 0.4) is 0 Å². The summed E-state index contributed by atoms with van der Waals surface area (Å²) in [5, 5.41) is 0. The van der Waals surface area contributed by atoms with Gasteiger partial charge in [0.05, 0.1) is 5.75 Å². The van der Waals surface area contributed by atoms with Crippen molar-refractivity contribution >= 4 is 10.0 Å². The Morgan fingerprint density at radius 3 is 2.58 bits per heavy atom. The predicted octanol–water partition coefficient (Wildman–Crippen LogP) is -0.370. The van der Waals surface area contributed by atoms with Gasteiger partial charge in [0.1, 0.15) is 0 Å². The average molecular weight is 192 g/mol. The molecule has 0 aliphatic carbocycles. The van der Waals surface area contributed by atoms with Gasteiger partial charge in [0.2, 0.25) is 10.0 Å². The smallest absolute Gasteiger partial charge is 0.212 e. The highest BCUT2D eigenvalue weighted by Gasteiger charge is 2.19. The number of sulfonamides is 1. The highest BCUT2D eigenvalue weighted by Crippen LogP contribution is 2.01. The fraction of sp³-hybridized carbons (Fsp3) is 1.00. The summed E-state index contributed by atoms with van der Waals surface area (Å²) in [5.41, 5.74) is 0. The molecule has 0 atom stereocenters. The van der Waals surface area contributed by atoms with Gasteiger partial charge >= 0.3 is 0 Å². The number of nitrogens with zero attached hydrogens (tertiary/aromatic N) is 1. The summed E-state index contributed by atoms with van der Waals surface area (Å²) >= 11 is 0. The molecule has 1 aliphatic rings. The first-order valence-electron chi connectivity index (χ1n) is 4.23. The minimum Gasteiger partial charge on any atom is -0.299 e. The molecule has 4 nitrogen and oxygen atoms in total. The lowest BCUT2D eigenvalue weighted by Crippen LogP contribution is -2.34. The number of hydrogen-bond acceptors (Lipinski definition) is 3. The van der Waals surface area contributed by atoms with Crippen LogP contribution in [0.1, 0.15) is 13.8 Å². The Morgan fingerprint density at radius 2 is 2.00 bits per heavy atom. The minimum atomic E-state index is -2.98. The molecule has 1 saturated heterocycles. The molecule has 1 N–H and O–H groups in total. The topological polar surface area (TPSA) is 49.4 Å². The molecule has 0 unspecified atom stereocenters. The standard InChI is InChI=1S/C7H16N2O2S/c1-7(2)9-4-3-8-12(10,11)6-5-9/h7-8H,3-6H2,1-2H3. The molecule has 0 radical (unpaired) electrons. The van der Waals surface area contributed by atoms with Crippen molar-refractivity contribution in [2.45, 2.75) is 19.9 Å². The lowest BCUT2D eigenvalue weighted by Gasteiger charge is -2.22. The van der Waals surface area contributed by atoms with Gasteiger partial charge in [-0.15, -0.1) is 0 Å². The SMILES string of the molecule is CC(C)N1CCNS(=O)(=O)CC1. The van der Waals surface area contributed by atoms with Gasteiger partial charge in [-0.2, -0.15) is 0 Å². The van der Waals surface area contributed by atoms with Gasteiger partial charge in [0.25, 0.3) is 0 Å². The molecule has 0 bridgehead atoms. The fourth-order valence-electron chi connectivity index (χ4n) is 1.28. The third kappa shape index (κ3) is 2.73. The molecule has 1 heterocycles. The molecule has 0 saturated carbocycles. The van der Waals surface area contributed by atoms with Crippen molar-refractivity contribution in [2.24, 2.45) is 0 Å². The van der Waals surface area contributed by atoms with Crippen LogP contribution in [-0.4, -0.2) is 44.7 Å². The number of nitrogens with one attached hydrogen (secondary N) is 1. The highest BCUT2D eigenvalue weighted by molar-refractivity contribution is 7.89. The van der Waals surface area contributed by atoms with Crippen LogP contribution < -0.4 is 4.72 Å². The van der Waals surface area contributed by atoms with Gasteiger partial charge in [-0.1, -0.05) is 0 Å². The van der Waals surface area contributed by atoms with Gasteiger partial charge in [-0.05, 0) is 13.8 Å². The van der Waals surface area contributed by atoms with Crippen LogP contribution in [0.4, 0.5) is 0 Å². The van der Waals surface area contributed by atoms with Gasteiger partial charge in [-0.25, -0.2) is 13.1 Å². The summed E-state index contributed by atoms with van der Waals surface area (Å²) in [6.45, 7) is 6.17. The molecule has 0 aromatic rings. The molecule has 0 aromatic carbocycles. The summed E-state index contributed by atoms with van der Waals surface area (Å²) in [7, 11) is -2.98. The summed E-state index contributed by atoms with van der Waals surface area (Å²) < 4.78 is 24.7. The van der Waals surface area contributed by atoms with E-state index >= 15 is 0 Å². The van der Waals surface area contributed by atoms with Crippen molar-refractivity contribution in [2.75, 3.05) is 25.4 Å². The zero-order chi connectivity index (χ0) is 9.19. The van der Waals surface area contributed by atoms with E-state index in [1.54, 1.807) is 0 Å². The molecule has 1 fully saturated rings. The van der Waals surface area contributed by atoms with E-state index in [4.69, 9.17) is 0 Å². The zero-order valence-electron chi connectivity index (χ0n) is 7.58. The lowest BCUT2D eigenvalue weighted by atomic mass is 10.3.